The Balaban J connectivity index is 2.26. The molecule has 1 aliphatic rings. The Morgan fingerprint density at radius 2 is 1.45 bits per heavy atom. The second-order valence-electron chi connectivity index (χ2n) is 5.62. The fourth-order valence-corrected chi connectivity index (χ4v) is 2.87. The first-order valence-electron chi connectivity index (χ1n) is 7.07. The van der Waals surface area contributed by atoms with Crippen LogP contribution in [-0.2, 0) is 15.1 Å². The minimum absolute atomic E-state index is 0.0463. The van der Waals surface area contributed by atoms with Gasteiger partial charge >= 0.3 is 5.97 Å². The third-order valence-corrected chi connectivity index (χ3v) is 4.02. The third kappa shape index (κ3) is 1.98. The van der Waals surface area contributed by atoms with Gasteiger partial charge in [0.15, 0.2) is 11.4 Å². The highest BCUT2D eigenvalue weighted by molar-refractivity contribution is 6.13. The molecule has 0 heterocycles. The molecule has 0 N–H and O–H groups in total. The predicted octanol–water partition coefficient (Wildman–Crippen LogP) is 3.61. The van der Waals surface area contributed by atoms with Gasteiger partial charge in [0.1, 0.15) is 0 Å². The average Bonchev–Trinajstić information content (AvgIpc) is 2.53. The van der Waals surface area contributed by atoms with Crippen molar-refractivity contribution < 1.29 is 14.3 Å². The third-order valence-electron chi connectivity index (χ3n) is 4.02. The zero-order chi connectivity index (χ0) is 15.9. The van der Waals surface area contributed by atoms with Crippen LogP contribution in [0, 0.1) is 0 Å². The largest absolute Gasteiger partial charge is 0.446 e. The summed E-state index contributed by atoms with van der Waals surface area (Å²) >= 11 is 0. The van der Waals surface area contributed by atoms with Crippen LogP contribution in [0.5, 0.6) is 0 Å². The van der Waals surface area contributed by atoms with Crippen LogP contribution in [0.1, 0.15) is 40.9 Å². The number of benzene rings is 2. The molecule has 22 heavy (non-hydrogen) atoms. The van der Waals surface area contributed by atoms with E-state index in [-0.39, 0.29) is 5.78 Å². The number of rotatable bonds is 2. The molecule has 0 aliphatic heterocycles. The lowest BCUT2D eigenvalue weighted by molar-refractivity contribution is -0.150. The topological polar surface area (TPSA) is 43.4 Å². The molecular weight excluding hydrogens is 276 g/mol. The van der Waals surface area contributed by atoms with Crippen molar-refractivity contribution in [3.8, 4) is 0 Å². The number of carbonyl (C=O) groups excluding carboxylic acids is 2. The fraction of sp³-hybridized carbons (Fsp3) is 0.158. The lowest BCUT2D eigenvalue weighted by atomic mass is 9.75. The molecule has 3 nitrogen and oxygen atoms in total. The maximum absolute atomic E-state index is 12.7. The van der Waals surface area contributed by atoms with Gasteiger partial charge in [-0.3, -0.25) is 4.79 Å². The molecule has 0 radical (unpaired) electrons. The lowest BCUT2D eigenvalue weighted by Gasteiger charge is -2.36. The van der Waals surface area contributed by atoms with E-state index in [4.69, 9.17) is 4.74 Å². The van der Waals surface area contributed by atoms with Crippen LogP contribution in [0.2, 0.25) is 0 Å². The van der Waals surface area contributed by atoms with E-state index in [9.17, 15) is 9.59 Å². The van der Waals surface area contributed by atoms with Crippen LogP contribution in [0.3, 0.4) is 0 Å². The Bertz CT molecular complexity index is 752. The van der Waals surface area contributed by atoms with Gasteiger partial charge in [0.05, 0.1) is 0 Å². The summed E-state index contributed by atoms with van der Waals surface area (Å²) in [5.74, 6) is -0.517. The van der Waals surface area contributed by atoms with E-state index >= 15 is 0 Å². The van der Waals surface area contributed by atoms with Gasteiger partial charge in [-0.1, -0.05) is 55.1 Å². The quantitative estimate of drug-likeness (QED) is 0.627. The molecule has 0 bridgehead atoms. The smallest absolute Gasteiger partial charge is 0.334 e. The number of fused-ring (bicyclic) bond motifs is 2. The van der Waals surface area contributed by atoms with Gasteiger partial charge in [-0.15, -0.1) is 0 Å². The Hall–Kier alpha value is -2.68. The van der Waals surface area contributed by atoms with E-state index in [1.807, 2.05) is 43.3 Å². The van der Waals surface area contributed by atoms with Crippen molar-refractivity contribution in [2.24, 2.45) is 0 Å². The van der Waals surface area contributed by atoms with Crippen molar-refractivity contribution in [3.05, 3.63) is 82.9 Å². The molecule has 0 aromatic heterocycles. The summed E-state index contributed by atoms with van der Waals surface area (Å²) in [7, 11) is 0. The summed E-state index contributed by atoms with van der Waals surface area (Å²) in [6.45, 7) is 7.06. The molecule has 0 unspecified atom stereocenters. The van der Waals surface area contributed by atoms with Crippen LogP contribution in [-0.4, -0.2) is 11.8 Å². The Morgan fingerprint density at radius 3 is 1.91 bits per heavy atom. The maximum Gasteiger partial charge on any atom is 0.334 e. The monoisotopic (exact) mass is 292 g/mol. The molecule has 0 saturated carbocycles. The Labute approximate surface area is 129 Å². The standard InChI is InChI=1S/C19H16O3/c1-12(2)18(21)22-19(3)15-10-6-4-8-13(15)17(20)14-9-5-7-11-16(14)19/h4-11H,1H2,2-3H3. The SMILES string of the molecule is C=C(C)C(=O)OC1(C)c2ccccc2C(=O)c2ccccc21. The van der Waals surface area contributed by atoms with E-state index < -0.39 is 11.6 Å². The highest BCUT2D eigenvalue weighted by Crippen LogP contribution is 2.42. The van der Waals surface area contributed by atoms with Gasteiger partial charge in [-0.2, -0.15) is 0 Å². The summed E-state index contributed by atoms with van der Waals surface area (Å²) in [6.07, 6.45) is 0. The number of esters is 1. The van der Waals surface area contributed by atoms with Crippen LogP contribution in [0.15, 0.2) is 60.7 Å². The summed E-state index contributed by atoms with van der Waals surface area (Å²) < 4.78 is 5.75. The van der Waals surface area contributed by atoms with E-state index in [0.29, 0.717) is 27.8 Å². The van der Waals surface area contributed by atoms with Gasteiger partial charge in [-0.05, 0) is 13.8 Å². The van der Waals surface area contributed by atoms with Gasteiger partial charge in [0, 0.05) is 27.8 Å². The molecule has 0 fully saturated rings. The lowest BCUT2D eigenvalue weighted by Crippen LogP contribution is -2.37. The van der Waals surface area contributed by atoms with Gasteiger partial charge in [0.2, 0.25) is 0 Å². The molecule has 2 aromatic rings. The summed E-state index contributed by atoms with van der Waals surface area (Å²) in [5, 5.41) is 0. The van der Waals surface area contributed by atoms with E-state index in [0.717, 1.165) is 0 Å². The zero-order valence-electron chi connectivity index (χ0n) is 12.6. The van der Waals surface area contributed by atoms with Gasteiger partial charge in [-0.25, -0.2) is 4.79 Å². The minimum Gasteiger partial charge on any atom is -0.446 e. The molecule has 3 heteroatoms. The molecule has 3 rings (SSSR count). The summed E-state index contributed by atoms with van der Waals surface area (Å²) in [5.41, 5.74) is 1.86. The molecule has 0 spiro atoms. The van der Waals surface area contributed by atoms with Gasteiger partial charge < -0.3 is 4.74 Å². The van der Waals surface area contributed by atoms with Crippen LogP contribution in [0.4, 0.5) is 0 Å². The second-order valence-corrected chi connectivity index (χ2v) is 5.62. The fourth-order valence-electron chi connectivity index (χ4n) is 2.87. The maximum atomic E-state index is 12.7. The number of hydrogen-bond donors (Lipinski definition) is 0. The molecular formula is C19H16O3. The minimum atomic E-state index is -1.00. The number of ether oxygens (including phenoxy) is 1. The number of carbonyl (C=O) groups is 2. The molecule has 0 atom stereocenters. The Morgan fingerprint density at radius 1 is 1.00 bits per heavy atom. The van der Waals surface area contributed by atoms with Crippen molar-refractivity contribution in [2.45, 2.75) is 19.4 Å². The van der Waals surface area contributed by atoms with Crippen molar-refractivity contribution in [1.29, 1.82) is 0 Å². The van der Waals surface area contributed by atoms with E-state index in [1.165, 1.54) is 0 Å². The summed E-state index contributed by atoms with van der Waals surface area (Å²) in [6, 6.07) is 14.5. The molecule has 0 saturated heterocycles. The highest BCUT2D eigenvalue weighted by Gasteiger charge is 2.42. The first-order valence-corrected chi connectivity index (χ1v) is 7.07. The molecule has 2 aromatic carbocycles. The van der Waals surface area contributed by atoms with E-state index in [1.54, 1.807) is 19.1 Å². The molecule has 0 amide bonds. The zero-order valence-corrected chi connectivity index (χ0v) is 12.6. The van der Waals surface area contributed by atoms with Crippen molar-refractivity contribution >= 4 is 11.8 Å². The summed E-state index contributed by atoms with van der Waals surface area (Å²) in [4.78, 5) is 24.8. The number of hydrogen-bond acceptors (Lipinski definition) is 3. The van der Waals surface area contributed by atoms with Crippen molar-refractivity contribution in [1.82, 2.24) is 0 Å². The Kier molecular flexibility index (Phi) is 3.21. The van der Waals surface area contributed by atoms with Crippen LogP contribution in [0.25, 0.3) is 0 Å². The van der Waals surface area contributed by atoms with Crippen LogP contribution >= 0.6 is 0 Å². The predicted molar refractivity (Wildman–Crippen MR) is 83.7 cm³/mol. The molecule has 110 valence electrons. The van der Waals surface area contributed by atoms with Crippen molar-refractivity contribution in [2.75, 3.05) is 0 Å². The highest BCUT2D eigenvalue weighted by atomic mass is 16.6. The normalized spacial score (nSPS) is 14.7. The number of ketones is 1. The van der Waals surface area contributed by atoms with Gasteiger partial charge in [0.25, 0.3) is 0 Å². The first-order chi connectivity index (χ1) is 10.4. The van der Waals surface area contributed by atoms with E-state index in [2.05, 4.69) is 6.58 Å². The van der Waals surface area contributed by atoms with Crippen LogP contribution < -0.4 is 0 Å². The van der Waals surface area contributed by atoms with Crippen molar-refractivity contribution in [3.63, 3.8) is 0 Å². The average molecular weight is 292 g/mol. The molecule has 1 aliphatic carbocycles. The second kappa shape index (κ2) is 4.95. The first kappa shape index (κ1) is 14.3.